The standard InChI is InChI=1S/C19H19N3O3/c1-12-3-4-15-16(11-12)19(25)22(18(15)24)10-7-17(23)21-13(2)14-5-8-20-9-6-14/h3-6,8-9,11,13H,7,10H2,1-2H3,(H,21,23). The van der Waals surface area contributed by atoms with Crippen LogP contribution < -0.4 is 5.32 Å². The Kier molecular flexibility index (Phi) is 4.61. The molecule has 128 valence electrons. The van der Waals surface area contributed by atoms with Crippen molar-refractivity contribution >= 4 is 17.7 Å². The Hall–Kier alpha value is -3.02. The highest BCUT2D eigenvalue weighted by molar-refractivity contribution is 6.21. The minimum absolute atomic E-state index is 0.0693. The summed E-state index contributed by atoms with van der Waals surface area (Å²) in [6.45, 7) is 3.81. The molecule has 1 unspecified atom stereocenters. The van der Waals surface area contributed by atoms with Crippen LogP contribution in [-0.4, -0.2) is 34.2 Å². The summed E-state index contributed by atoms with van der Waals surface area (Å²) in [4.78, 5) is 42.0. The number of rotatable bonds is 5. The molecule has 3 rings (SSSR count). The summed E-state index contributed by atoms with van der Waals surface area (Å²) in [5.41, 5.74) is 2.68. The lowest BCUT2D eigenvalue weighted by atomic mass is 10.1. The van der Waals surface area contributed by atoms with E-state index >= 15 is 0 Å². The van der Waals surface area contributed by atoms with Gasteiger partial charge < -0.3 is 5.32 Å². The number of benzene rings is 1. The molecule has 0 spiro atoms. The molecule has 1 aromatic carbocycles. The van der Waals surface area contributed by atoms with Gasteiger partial charge in [-0.05, 0) is 43.7 Å². The van der Waals surface area contributed by atoms with E-state index in [1.54, 1.807) is 30.6 Å². The van der Waals surface area contributed by atoms with Crippen molar-refractivity contribution in [1.82, 2.24) is 15.2 Å². The van der Waals surface area contributed by atoms with Crippen LogP contribution in [0.2, 0.25) is 0 Å². The number of hydrogen-bond donors (Lipinski definition) is 1. The third-order valence-electron chi connectivity index (χ3n) is 4.27. The molecule has 2 heterocycles. The first kappa shape index (κ1) is 16.8. The SMILES string of the molecule is Cc1ccc2c(c1)C(=O)N(CCC(=O)NC(C)c1ccncc1)C2=O. The van der Waals surface area contributed by atoms with Crippen LogP contribution in [0.1, 0.15) is 51.2 Å². The van der Waals surface area contributed by atoms with E-state index in [1.807, 2.05) is 26.0 Å². The lowest BCUT2D eigenvalue weighted by Gasteiger charge is -2.16. The molecule has 6 heteroatoms. The second kappa shape index (κ2) is 6.84. The van der Waals surface area contributed by atoms with Gasteiger partial charge in [0.15, 0.2) is 0 Å². The fraction of sp³-hybridized carbons (Fsp3) is 0.263. The highest BCUT2D eigenvalue weighted by atomic mass is 16.2. The zero-order chi connectivity index (χ0) is 18.0. The highest BCUT2D eigenvalue weighted by Crippen LogP contribution is 2.24. The van der Waals surface area contributed by atoms with Crippen molar-refractivity contribution in [3.63, 3.8) is 0 Å². The second-order valence-electron chi connectivity index (χ2n) is 6.13. The molecule has 1 aromatic heterocycles. The molecule has 0 saturated heterocycles. The number of pyridine rings is 1. The Balaban J connectivity index is 1.60. The fourth-order valence-electron chi connectivity index (χ4n) is 2.87. The van der Waals surface area contributed by atoms with Crippen LogP contribution in [0.25, 0.3) is 0 Å². The molecular weight excluding hydrogens is 318 g/mol. The van der Waals surface area contributed by atoms with E-state index in [4.69, 9.17) is 0 Å². The van der Waals surface area contributed by atoms with Crippen LogP contribution in [0.4, 0.5) is 0 Å². The Morgan fingerprint density at radius 3 is 2.52 bits per heavy atom. The van der Waals surface area contributed by atoms with E-state index in [0.717, 1.165) is 16.0 Å². The second-order valence-corrected chi connectivity index (χ2v) is 6.13. The Labute approximate surface area is 145 Å². The normalized spacial score (nSPS) is 14.4. The number of aryl methyl sites for hydroxylation is 1. The van der Waals surface area contributed by atoms with Crippen LogP contribution in [0.5, 0.6) is 0 Å². The van der Waals surface area contributed by atoms with Gasteiger partial charge in [-0.15, -0.1) is 0 Å². The topological polar surface area (TPSA) is 79.4 Å². The average molecular weight is 337 g/mol. The van der Waals surface area contributed by atoms with Gasteiger partial charge in [0.1, 0.15) is 0 Å². The summed E-state index contributed by atoms with van der Waals surface area (Å²) < 4.78 is 0. The van der Waals surface area contributed by atoms with E-state index in [9.17, 15) is 14.4 Å². The summed E-state index contributed by atoms with van der Waals surface area (Å²) in [5.74, 6) is -0.884. The first-order chi connectivity index (χ1) is 12.0. The third-order valence-corrected chi connectivity index (χ3v) is 4.27. The molecule has 6 nitrogen and oxygen atoms in total. The summed E-state index contributed by atoms with van der Waals surface area (Å²) in [6, 6.07) is 8.67. The first-order valence-electron chi connectivity index (χ1n) is 8.13. The number of nitrogens with one attached hydrogen (secondary N) is 1. The number of aromatic nitrogens is 1. The molecule has 1 aliphatic heterocycles. The number of imide groups is 1. The Morgan fingerprint density at radius 1 is 1.12 bits per heavy atom. The largest absolute Gasteiger partial charge is 0.350 e. The minimum atomic E-state index is -0.338. The molecule has 0 bridgehead atoms. The number of carbonyl (C=O) groups excluding carboxylic acids is 3. The Bertz CT molecular complexity index is 833. The molecule has 0 saturated carbocycles. The van der Waals surface area contributed by atoms with Gasteiger partial charge in [-0.1, -0.05) is 11.6 Å². The van der Waals surface area contributed by atoms with Crippen LogP contribution in [0, 0.1) is 6.92 Å². The molecule has 3 amide bonds. The van der Waals surface area contributed by atoms with Crippen LogP contribution in [0.3, 0.4) is 0 Å². The maximum Gasteiger partial charge on any atom is 0.261 e. The zero-order valence-corrected chi connectivity index (χ0v) is 14.2. The van der Waals surface area contributed by atoms with Gasteiger partial charge in [-0.25, -0.2) is 0 Å². The van der Waals surface area contributed by atoms with Gasteiger partial charge in [0, 0.05) is 25.4 Å². The molecule has 1 atom stereocenters. The van der Waals surface area contributed by atoms with Crippen molar-refractivity contribution in [3.8, 4) is 0 Å². The van der Waals surface area contributed by atoms with Gasteiger partial charge >= 0.3 is 0 Å². The number of hydrogen-bond acceptors (Lipinski definition) is 4. The quantitative estimate of drug-likeness (QED) is 0.849. The number of amides is 3. The fourth-order valence-corrected chi connectivity index (χ4v) is 2.87. The maximum atomic E-state index is 12.4. The summed E-state index contributed by atoms with van der Waals surface area (Å²) in [5, 5.41) is 2.86. The van der Waals surface area contributed by atoms with Crippen molar-refractivity contribution in [2.24, 2.45) is 0 Å². The molecular formula is C19H19N3O3. The molecule has 2 aromatic rings. The van der Waals surface area contributed by atoms with Crippen LogP contribution >= 0.6 is 0 Å². The van der Waals surface area contributed by atoms with E-state index in [2.05, 4.69) is 10.3 Å². The lowest BCUT2D eigenvalue weighted by molar-refractivity contribution is -0.121. The summed E-state index contributed by atoms with van der Waals surface area (Å²) >= 11 is 0. The van der Waals surface area contributed by atoms with Crippen LogP contribution in [-0.2, 0) is 4.79 Å². The molecule has 0 aliphatic carbocycles. The van der Waals surface area contributed by atoms with Gasteiger partial charge in [0.05, 0.1) is 17.2 Å². The molecule has 0 radical (unpaired) electrons. The van der Waals surface area contributed by atoms with E-state index in [1.165, 1.54) is 0 Å². The maximum absolute atomic E-state index is 12.4. The van der Waals surface area contributed by atoms with Crippen molar-refractivity contribution in [2.75, 3.05) is 6.54 Å². The van der Waals surface area contributed by atoms with E-state index < -0.39 is 0 Å². The number of fused-ring (bicyclic) bond motifs is 1. The molecule has 1 aliphatic rings. The zero-order valence-electron chi connectivity index (χ0n) is 14.2. The van der Waals surface area contributed by atoms with Gasteiger partial charge in [0.2, 0.25) is 5.91 Å². The van der Waals surface area contributed by atoms with Crippen molar-refractivity contribution in [1.29, 1.82) is 0 Å². The minimum Gasteiger partial charge on any atom is -0.350 e. The smallest absolute Gasteiger partial charge is 0.261 e. The number of carbonyl (C=O) groups is 3. The van der Waals surface area contributed by atoms with Crippen LogP contribution in [0.15, 0.2) is 42.7 Å². The molecule has 25 heavy (non-hydrogen) atoms. The monoisotopic (exact) mass is 337 g/mol. The van der Waals surface area contributed by atoms with Gasteiger partial charge in [-0.2, -0.15) is 0 Å². The predicted octanol–water partition coefficient (Wildman–Crippen LogP) is 2.25. The Morgan fingerprint density at radius 2 is 1.80 bits per heavy atom. The van der Waals surface area contributed by atoms with Gasteiger partial charge in [-0.3, -0.25) is 24.3 Å². The lowest BCUT2D eigenvalue weighted by Crippen LogP contribution is -2.35. The predicted molar refractivity (Wildman–Crippen MR) is 92.0 cm³/mol. The van der Waals surface area contributed by atoms with E-state index in [-0.39, 0.29) is 36.7 Å². The summed E-state index contributed by atoms with van der Waals surface area (Å²) in [7, 11) is 0. The average Bonchev–Trinajstić information content (AvgIpc) is 2.84. The number of nitrogens with zero attached hydrogens (tertiary/aromatic N) is 2. The summed E-state index contributed by atoms with van der Waals surface area (Å²) in [6.07, 6.45) is 3.40. The molecule has 1 N–H and O–H groups in total. The van der Waals surface area contributed by atoms with Crippen molar-refractivity contribution < 1.29 is 14.4 Å². The van der Waals surface area contributed by atoms with Gasteiger partial charge in [0.25, 0.3) is 11.8 Å². The first-order valence-corrected chi connectivity index (χ1v) is 8.13. The van der Waals surface area contributed by atoms with Crippen molar-refractivity contribution in [3.05, 3.63) is 65.0 Å². The van der Waals surface area contributed by atoms with E-state index in [0.29, 0.717) is 11.1 Å². The third kappa shape index (κ3) is 3.42. The highest BCUT2D eigenvalue weighted by Gasteiger charge is 2.35. The molecule has 0 fully saturated rings. The van der Waals surface area contributed by atoms with Crippen molar-refractivity contribution in [2.45, 2.75) is 26.3 Å².